The Morgan fingerprint density at radius 1 is 1.03 bits per heavy atom. The van der Waals surface area contributed by atoms with Crippen LogP contribution in [0.4, 0.5) is 4.79 Å². The van der Waals surface area contributed by atoms with Gasteiger partial charge < -0.3 is 20.1 Å². The Morgan fingerprint density at radius 2 is 1.62 bits per heavy atom. The summed E-state index contributed by atoms with van der Waals surface area (Å²) in [7, 11) is 0. The van der Waals surface area contributed by atoms with Gasteiger partial charge in [0.15, 0.2) is 0 Å². The molecule has 0 heterocycles. The minimum atomic E-state index is -0.929. The van der Waals surface area contributed by atoms with E-state index < -0.39 is 17.6 Å². The predicted molar refractivity (Wildman–Crippen MR) is 134 cm³/mol. The molecule has 0 aromatic heterocycles. The number of hydrogen-bond donors (Lipinski definition) is 2. The maximum Gasteiger partial charge on any atom is 0.407 e. The van der Waals surface area contributed by atoms with Gasteiger partial charge in [0.1, 0.15) is 6.61 Å². The summed E-state index contributed by atoms with van der Waals surface area (Å²) >= 11 is 1.40. The molecule has 2 aromatic carbocycles. The summed E-state index contributed by atoms with van der Waals surface area (Å²) < 4.78 is 5.51. The average molecular weight is 485 g/mol. The van der Waals surface area contributed by atoms with E-state index in [0.717, 1.165) is 11.1 Å². The van der Waals surface area contributed by atoms with Crippen molar-refractivity contribution in [1.82, 2.24) is 10.2 Å². The average Bonchev–Trinajstić information content (AvgIpc) is 3.10. The number of benzene rings is 2. The molecule has 3 rings (SSSR count). The number of carbonyl (C=O) groups excluding carboxylic acids is 2. The van der Waals surface area contributed by atoms with Crippen LogP contribution in [-0.4, -0.2) is 64.7 Å². The zero-order chi connectivity index (χ0) is 24.7. The molecule has 0 saturated heterocycles. The molecule has 182 valence electrons. The molecular formula is C26H32N2O5S. The summed E-state index contributed by atoms with van der Waals surface area (Å²) in [5.74, 6) is -0.253. The summed E-state index contributed by atoms with van der Waals surface area (Å²) in [6.07, 6.45) is -0.566. The fourth-order valence-corrected chi connectivity index (χ4v) is 4.87. The molecule has 2 aromatic rings. The minimum absolute atomic E-state index is 0.0133. The quantitative estimate of drug-likeness (QED) is 0.487. The van der Waals surface area contributed by atoms with Crippen molar-refractivity contribution in [3.05, 3.63) is 59.7 Å². The number of ether oxygens (including phenoxy) is 1. The highest BCUT2D eigenvalue weighted by Crippen LogP contribution is 2.44. The molecule has 2 N–H and O–H groups in total. The third-order valence-corrected chi connectivity index (χ3v) is 6.69. The number of fused-ring (bicyclic) bond motifs is 3. The first kappa shape index (κ1) is 25.6. The van der Waals surface area contributed by atoms with E-state index in [4.69, 9.17) is 9.84 Å². The molecule has 0 spiro atoms. The van der Waals surface area contributed by atoms with Crippen LogP contribution >= 0.6 is 11.8 Å². The molecule has 0 bridgehead atoms. The van der Waals surface area contributed by atoms with Crippen molar-refractivity contribution in [3.63, 3.8) is 0 Å². The minimum Gasteiger partial charge on any atom is -0.481 e. The lowest BCUT2D eigenvalue weighted by molar-refractivity contribution is -0.139. The van der Waals surface area contributed by atoms with Crippen LogP contribution < -0.4 is 5.32 Å². The zero-order valence-corrected chi connectivity index (χ0v) is 20.7. The number of hydrogen-bond acceptors (Lipinski definition) is 5. The lowest BCUT2D eigenvalue weighted by Gasteiger charge is -2.35. The maximum atomic E-state index is 12.6. The first-order valence-corrected chi connectivity index (χ1v) is 12.5. The Hall–Kier alpha value is -3.00. The predicted octanol–water partition coefficient (Wildman–Crippen LogP) is 4.36. The van der Waals surface area contributed by atoms with Crippen molar-refractivity contribution in [2.75, 3.05) is 31.2 Å². The highest BCUT2D eigenvalue weighted by atomic mass is 32.2. The number of nitrogens with zero attached hydrogens (tertiary/aromatic N) is 1. The Morgan fingerprint density at radius 3 is 2.18 bits per heavy atom. The van der Waals surface area contributed by atoms with E-state index in [2.05, 4.69) is 29.6 Å². The summed E-state index contributed by atoms with van der Waals surface area (Å²) in [6.45, 7) is 6.47. The van der Waals surface area contributed by atoms with Crippen molar-refractivity contribution in [1.29, 1.82) is 0 Å². The molecular weight excluding hydrogens is 452 g/mol. The van der Waals surface area contributed by atoms with Crippen molar-refractivity contribution in [3.8, 4) is 11.1 Å². The van der Waals surface area contributed by atoms with Gasteiger partial charge in [0.25, 0.3) is 0 Å². The van der Waals surface area contributed by atoms with Gasteiger partial charge in [0, 0.05) is 30.3 Å². The standard InChI is InChI=1S/C26H32N2O5S/c1-26(2,3)28(14-12-24(30)31)23(29)17-34-15-13-27-25(32)33-16-22-20-10-6-4-8-18(20)19-9-5-7-11-21(19)22/h4-11,22H,12-17H2,1-3H3,(H,27,32)(H,30,31). The van der Waals surface area contributed by atoms with Crippen LogP contribution in [0, 0.1) is 0 Å². The summed E-state index contributed by atoms with van der Waals surface area (Å²) in [5.41, 5.74) is 4.24. The number of amides is 2. The lowest BCUT2D eigenvalue weighted by Crippen LogP contribution is -2.47. The van der Waals surface area contributed by atoms with Gasteiger partial charge in [-0.1, -0.05) is 48.5 Å². The third-order valence-electron chi connectivity index (χ3n) is 5.75. The van der Waals surface area contributed by atoms with E-state index in [1.54, 1.807) is 4.90 Å². The zero-order valence-electron chi connectivity index (χ0n) is 19.9. The van der Waals surface area contributed by atoms with Crippen molar-refractivity contribution in [2.24, 2.45) is 0 Å². The Kier molecular flexibility index (Phi) is 8.61. The van der Waals surface area contributed by atoms with Gasteiger partial charge in [-0.3, -0.25) is 9.59 Å². The van der Waals surface area contributed by atoms with E-state index in [-0.39, 0.29) is 37.2 Å². The monoisotopic (exact) mass is 484 g/mol. The first-order chi connectivity index (χ1) is 16.2. The molecule has 1 aliphatic carbocycles. The van der Waals surface area contributed by atoms with Crippen molar-refractivity contribution >= 4 is 29.7 Å². The van der Waals surface area contributed by atoms with E-state index in [0.29, 0.717) is 12.3 Å². The molecule has 34 heavy (non-hydrogen) atoms. The molecule has 0 unspecified atom stereocenters. The number of nitrogens with one attached hydrogen (secondary N) is 1. The topological polar surface area (TPSA) is 95.9 Å². The van der Waals surface area contributed by atoms with Gasteiger partial charge in [-0.05, 0) is 43.0 Å². The molecule has 0 atom stereocenters. The van der Waals surface area contributed by atoms with Gasteiger partial charge in [0.05, 0.1) is 12.2 Å². The van der Waals surface area contributed by atoms with E-state index in [9.17, 15) is 14.4 Å². The second-order valence-corrected chi connectivity index (χ2v) is 10.3. The maximum absolute atomic E-state index is 12.6. The molecule has 0 saturated carbocycles. The van der Waals surface area contributed by atoms with Crippen LogP contribution in [-0.2, 0) is 14.3 Å². The Bertz CT molecular complexity index is 988. The molecule has 0 aliphatic heterocycles. The molecule has 1 aliphatic rings. The Balaban J connectivity index is 1.41. The third kappa shape index (κ3) is 6.53. The number of carbonyl (C=O) groups is 3. The number of aliphatic carboxylic acids is 1. The molecule has 2 amide bonds. The normalized spacial score (nSPS) is 12.6. The van der Waals surface area contributed by atoms with Crippen LogP contribution in [0.15, 0.2) is 48.5 Å². The van der Waals surface area contributed by atoms with Crippen LogP contribution in [0.2, 0.25) is 0 Å². The number of carboxylic acids is 1. The first-order valence-electron chi connectivity index (χ1n) is 11.4. The van der Waals surface area contributed by atoms with Gasteiger partial charge >= 0.3 is 12.1 Å². The summed E-state index contributed by atoms with van der Waals surface area (Å²) in [4.78, 5) is 37.3. The smallest absolute Gasteiger partial charge is 0.407 e. The van der Waals surface area contributed by atoms with Gasteiger partial charge in [-0.15, -0.1) is 0 Å². The summed E-state index contributed by atoms with van der Waals surface area (Å²) in [6, 6.07) is 16.4. The van der Waals surface area contributed by atoms with Crippen LogP contribution in [0.1, 0.15) is 44.2 Å². The van der Waals surface area contributed by atoms with Crippen LogP contribution in [0.5, 0.6) is 0 Å². The molecule has 0 fully saturated rings. The number of thioether (sulfide) groups is 1. The van der Waals surface area contributed by atoms with Crippen LogP contribution in [0.3, 0.4) is 0 Å². The fraction of sp³-hybridized carbons (Fsp3) is 0.423. The second-order valence-electron chi connectivity index (χ2n) is 9.16. The van der Waals surface area contributed by atoms with E-state index in [1.807, 2.05) is 45.0 Å². The molecule has 0 radical (unpaired) electrons. The van der Waals surface area contributed by atoms with Gasteiger partial charge in [0.2, 0.25) is 5.91 Å². The molecule has 7 nitrogen and oxygen atoms in total. The number of carboxylic acid groups (broad SMARTS) is 1. The molecule has 8 heteroatoms. The van der Waals surface area contributed by atoms with Crippen molar-refractivity contribution in [2.45, 2.75) is 38.6 Å². The Labute approximate surface area is 204 Å². The van der Waals surface area contributed by atoms with E-state index >= 15 is 0 Å². The summed E-state index contributed by atoms with van der Waals surface area (Å²) in [5, 5.41) is 11.7. The van der Waals surface area contributed by atoms with Crippen LogP contribution in [0.25, 0.3) is 11.1 Å². The second kappa shape index (κ2) is 11.4. The number of alkyl carbamates (subject to hydrolysis) is 1. The van der Waals surface area contributed by atoms with Gasteiger partial charge in [-0.2, -0.15) is 11.8 Å². The lowest BCUT2D eigenvalue weighted by atomic mass is 9.98. The fourth-order valence-electron chi connectivity index (χ4n) is 4.15. The highest BCUT2D eigenvalue weighted by Gasteiger charge is 2.29. The van der Waals surface area contributed by atoms with E-state index in [1.165, 1.54) is 22.9 Å². The van der Waals surface area contributed by atoms with Crippen molar-refractivity contribution < 1.29 is 24.2 Å². The highest BCUT2D eigenvalue weighted by molar-refractivity contribution is 7.99. The number of rotatable bonds is 10. The SMILES string of the molecule is CC(C)(C)N(CCC(=O)O)C(=O)CSCCNC(=O)OCC1c2ccccc2-c2ccccc21. The largest absolute Gasteiger partial charge is 0.481 e. The van der Waals surface area contributed by atoms with Gasteiger partial charge in [-0.25, -0.2) is 4.79 Å².